The lowest BCUT2D eigenvalue weighted by Crippen LogP contribution is -2.26. The zero-order valence-corrected chi connectivity index (χ0v) is 15.7. The number of allylic oxidation sites excluding steroid dienone is 3. The van der Waals surface area contributed by atoms with Crippen LogP contribution in [0.3, 0.4) is 0 Å². The molecule has 26 heavy (non-hydrogen) atoms. The Balaban J connectivity index is 2.31. The van der Waals surface area contributed by atoms with Gasteiger partial charge in [0, 0.05) is 17.5 Å². The number of ether oxygens (including phenoxy) is 2. The average Bonchev–Trinajstić information content (AvgIpc) is 2.59. The molecule has 5 heteroatoms. The first-order chi connectivity index (χ1) is 12.3. The predicted molar refractivity (Wildman–Crippen MR) is 101 cm³/mol. The number of aryl methyl sites for hydroxylation is 1. The topological polar surface area (TPSA) is 59.0 Å². The lowest BCUT2D eigenvalue weighted by Gasteiger charge is -2.27. The van der Waals surface area contributed by atoms with Gasteiger partial charge in [0.25, 0.3) is 0 Å². The Hall–Kier alpha value is -2.95. The van der Waals surface area contributed by atoms with Gasteiger partial charge in [-0.05, 0) is 36.6 Å². The van der Waals surface area contributed by atoms with Gasteiger partial charge in [0.05, 0.1) is 7.11 Å². The first-order valence-electron chi connectivity index (χ1n) is 8.42. The number of benzene rings is 1. The number of carbonyl (C=O) groups is 1. The second-order valence-corrected chi connectivity index (χ2v) is 6.40. The predicted octanol–water partition coefficient (Wildman–Crippen LogP) is 4.37. The van der Waals surface area contributed by atoms with Crippen molar-refractivity contribution in [3.8, 4) is 5.75 Å². The van der Waals surface area contributed by atoms with Gasteiger partial charge in [-0.2, -0.15) is 0 Å². The second-order valence-electron chi connectivity index (χ2n) is 6.40. The van der Waals surface area contributed by atoms with Crippen LogP contribution in [0, 0.1) is 12.8 Å². The summed E-state index contributed by atoms with van der Waals surface area (Å²) < 4.78 is 11.2. The van der Waals surface area contributed by atoms with Crippen molar-refractivity contribution < 1.29 is 19.4 Å². The molecule has 1 heterocycles. The first kappa shape index (κ1) is 19.4. The van der Waals surface area contributed by atoms with Gasteiger partial charge in [0.15, 0.2) is 11.5 Å². The number of carboxylic acids is 1. The van der Waals surface area contributed by atoms with Crippen molar-refractivity contribution >= 4 is 5.97 Å². The molecule has 5 nitrogen and oxygen atoms in total. The van der Waals surface area contributed by atoms with Gasteiger partial charge in [-0.1, -0.05) is 38.6 Å². The second kappa shape index (κ2) is 8.43. The third-order valence-corrected chi connectivity index (χ3v) is 3.86. The van der Waals surface area contributed by atoms with Crippen molar-refractivity contribution in [2.45, 2.75) is 27.4 Å². The Kier molecular flexibility index (Phi) is 6.28. The number of aliphatic carboxylic acids is 1. The number of carboxylic acid groups (broad SMARTS) is 1. The summed E-state index contributed by atoms with van der Waals surface area (Å²) in [4.78, 5) is 13.4. The van der Waals surface area contributed by atoms with Crippen LogP contribution in [-0.4, -0.2) is 23.1 Å². The highest BCUT2D eigenvalue weighted by Gasteiger charge is 2.25. The van der Waals surface area contributed by atoms with E-state index in [1.54, 1.807) is 25.5 Å². The fourth-order valence-corrected chi connectivity index (χ4v) is 2.47. The Morgan fingerprint density at radius 3 is 2.69 bits per heavy atom. The summed E-state index contributed by atoms with van der Waals surface area (Å²) in [6.45, 7) is 10.1. The van der Waals surface area contributed by atoms with Gasteiger partial charge in [-0.3, -0.25) is 0 Å². The maximum Gasteiger partial charge on any atom is 0.356 e. The molecule has 138 valence electrons. The molecule has 0 spiro atoms. The molecule has 1 N–H and O–H groups in total. The number of methoxy groups -OCH3 is 1. The first-order valence-corrected chi connectivity index (χ1v) is 8.42. The quantitative estimate of drug-likeness (QED) is 0.787. The van der Waals surface area contributed by atoms with Crippen LogP contribution < -0.4 is 4.74 Å². The van der Waals surface area contributed by atoms with E-state index in [9.17, 15) is 9.90 Å². The number of rotatable bonds is 7. The van der Waals surface area contributed by atoms with Crippen LogP contribution in [0.15, 0.2) is 66.4 Å². The molecule has 1 aromatic carbocycles. The van der Waals surface area contributed by atoms with Crippen LogP contribution in [0.5, 0.6) is 5.75 Å². The van der Waals surface area contributed by atoms with E-state index < -0.39 is 5.97 Å². The highest BCUT2D eigenvalue weighted by molar-refractivity contribution is 5.88. The third-order valence-electron chi connectivity index (χ3n) is 3.86. The molecular formula is C21H25NO4. The van der Waals surface area contributed by atoms with E-state index in [4.69, 9.17) is 9.47 Å². The van der Waals surface area contributed by atoms with Gasteiger partial charge < -0.3 is 19.5 Å². The molecule has 0 saturated carbocycles. The lowest BCUT2D eigenvalue weighted by atomic mass is 10.1. The summed E-state index contributed by atoms with van der Waals surface area (Å²) in [5.74, 6) is 0.198. The zero-order valence-electron chi connectivity index (χ0n) is 15.7. The Labute approximate surface area is 154 Å². The van der Waals surface area contributed by atoms with Crippen LogP contribution >= 0.6 is 0 Å². The van der Waals surface area contributed by atoms with Crippen molar-refractivity contribution in [1.29, 1.82) is 0 Å². The molecule has 0 aromatic heterocycles. The molecule has 0 unspecified atom stereocenters. The minimum Gasteiger partial charge on any atom is -0.496 e. The normalized spacial score (nSPS) is 14.5. The maximum absolute atomic E-state index is 11.8. The molecule has 1 aliphatic heterocycles. The maximum atomic E-state index is 11.8. The summed E-state index contributed by atoms with van der Waals surface area (Å²) in [5.41, 5.74) is 2.53. The highest BCUT2D eigenvalue weighted by Crippen LogP contribution is 2.28. The van der Waals surface area contributed by atoms with Crippen molar-refractivity contribution in [1.82, 2.24) is 4.90 Å². The largest absolute Gasteiger partial charge is 0.496 e. The summed E-state index contributed by atoms with van der Waals surface area (Å²) in [6, 6.07) is 5.79. The molecule has 0 atom stereocenters. The average molecular weight is 355 g/mol. The fourth-order valence-electron chi connectivity index (χ4n) is 2.47. The van der Waals surface area contributed by atoms with E-state index in [0.717, 1.165) is 11.1 Å². The van der Waals surface area contributed by atoms with Crippen LogP contribution in [0.25, 0.3) is 0 Å². The lowest BCUT2D eigenvalue weighted by molar-refractivity contribution is -0.134. The van der Waals surface area contributed by atoms with Gasteiger partial charge >= 0.3 is 5.97 Å². The molecule has 0 fully saturated rings. The Morgan fingerprint density at radius 2 is 2.08 bits per heavy atom. The van der Waals surface area contributed by atoms with Crippen molar-refractivity contribution in [2.24, 2.45) is 5.92 Å². The van der Waals surface area contributed by atoms with E-state index in [1.165, 1.54) is 4.90 Å². The zero-order chi connectivity index (χ0) is 19.3. The van der Waals surface area contributed by atoms with E-state index in [-0.39, 0.29) is 24.0 Å². The Bertz CT molecular complexity index is 787. The summed E-state index contributed by atoms with van der Waals surface area (Å²) in [5, 5.41) is 9.68. The molecule has 0 radical (unpaired) electrons. The fraction of sp³-hybridized carbons (Fsp3) is 0.286. The molecule has 0 aliphatic carbocycles. The summed E-state index contributed by atoms with van der Waals surface area (Å²) in [6.07, 6.45) is 6.99. The third kappa shape index (κ3) is 4.57. The van der Waals surface area contributed by atoms with E-state index >= 15 is 0 Å². The van der Waals surface area contributed by atoms with Crippen molar-refractivity contribution in [2.75, 3.05) is 7.11 Å². The molecule has 0 amide bonds. The molecule has 0 saturated heterocycles. The van der Waals surface area contributed by atoms with Gasteiger partial charge in [-0.15, -0.1) is 0 Å². The number of hydrogen-bond acceptors (Lipinski definition) is 4. The molecule has 0 bridgehead atoms. The van der Waals surface area contributed by atoms with Crippen LogP contribution in [0.1, 0.15) is 25.0 Å². The van der Waals surface area contributed by atoms with E-state index in [0.29, 0.717) is 11.4 Å². The highest BCUT2D eigenvalue weighted by atomic mass is 16.5. The standard InChI is InChI=1S/C21H25NO4/c1-14(2)10-11-22-16(4)7-9-18(20(22)21(23)24)26-13-17-8-6-15(3)12-19(17)25-5/h6-12,14H,4,13H2,1-3,5H3,(H,23,24)/b11-10-. The van der Waals surface area contributed by atoms with E-state index in [1.807, 2.05) is 45.0 Å². The number of hydrogen-bond donors (Lipinski definition) is 1. The minimum atomic E-state index is -1.07. The van der Waals surface area contributed by atoms with E-state index in [2.05, 4.69) is 6.58 Å². The molecule has 2 rings (SSSR count). The molecule has 1 aliphatic rings. The van der Waals surface area contributed by atoms with Crippen LogP contribution in [-0.2, 0) is 16.1 Å². The minimum absolute atomic E-state index is 0.0421. The Morgan fingerprint density at radius 1 is 1.35 bits per heavy atom. The van der Waals surface area contributed by atoms with Gasteiger partial charge in [-0.25, -0.2) is 4.79 Å². The number of nitrogens with zero attached hydrogens (tertiary/aromatic N) is 1. The summed E-state index contributed by atoms with van der Waals surface area (Å²) in [7, 11) is 1.60. The van der Waals surface area contributed by atoms with Gasteiger partial charge in [0.2, 0.25) is 0 Å². The van der Waals surface area contributed by atoms with Crippen LogP contribution in [0.4, 0.5) is 0 Å². The molecule has 1 aromatic rings. The summed E-state index contributed by atoms with van der Waals surface area (Å²) >= 11 is 0. The van der Waals surface area contributed by atoms with Crippen molar-refractivity contribution in [3.05, 3.63) is 77.5 Å². The monoisotopic (exact) mass is 355 g/mol. The van der Waals surface area contributed by atoms with Gasteiger partial charge in [0.1, 0.15) is 12.4 Å². The van der Waals surface area contributed by atoms with Crippen molar-refractivity contribution in [3.63, 3.8) is 0 Å². The smallest absolute Gasteiger partial charge is 0.356 e. The van der Waals surface area contributed by atoms with Crippen LogP contribution in [0.2, 0.25) is 0 Å². The SMILES string of the molecule is C=C1C=CC(OCc2ccc(C)cc2OC)=C(C(=O)O)N1/C=C\C(C)C. The molecular weight excluding hydrogens is 330 g/mol.